The number of allylic oxidation sites excluding steroid dienone is 5. The van der Waals surface area contributed by atoms with E-state index < -0.39 is 0 Å². The van der Waals surface area contributed by atoms with E-state index in [1.165, 1.54) is 0 Å². The Morgan fingerprint density at radius 2 is 0.839 bits per heavy atom. The molecule has 0 amide bonds. The Balaban J connectivity index is 1.41. The lowest BCUT2D eigenvalue weighted by Crippen LogP contribution is -2.19. The number of aromatic amines is 2. The molecular formula is C48H38N4O4. The molecule has 56 heavy (non-hydrogen) atoms. The minimum absolute atomic E-state index is 0.744. The van der Waals surface area contributed by atoms with Gasteiger partial charge in [-0.1, -0.05) is 48.5 Å². The van der Waals surface area contributed by atoms with E-state index in [-0.39, 0.29) is 0 Å². The zero-order valence-corrected chi connectivity index (χ0v) is 31.4. The first-order chi connectivity index (χ1) is 27.5. The van der Waals surface area contributed by atoms with Crippen LogP contribution in [0.1, 0.15) is 33.5 Å². The fraction of sp³-hybridized carbons (Fsp3) is 0.0833. The van der Waals surface area contributed by atoms with Crippen LogP contribution in [0.4, 0.5) is 0 Å². The predicted octanol–water partition coefficient (Wildman–Crippen LogP) is 8.03. The normalized spacial score (nSPS) is 14.6. The van der Waals surface area contributed by atoms with Gasteiger partial charge in [0.25, 0.3) is 0 Å². The van der Waals surface area contributed by atoms with Crippen molar-refractivity contribution in [2.45, 2.75) is 0 Å². The average Bonchev–Trinajstić information content (AvgIpc) is 4.09. The topological polar surface area (TPSA) is 93.2 Å². The first-order valence-electron chi connectivity index (χ1n) is 18.3. The Morgan fingerprint density at radius 1 is 0.411 bits per heavy atom. The first kappa shape index (κ1) is 34.4. The van der Waals surface area contributed by atoms with Crippen molar-refractivity contribution in [1.29, 1.82) is 0 Å². The van der Waals surface area contributed by atoms with Crippen molar-refractivity contribution in [2.24, 2.45) is 9.98 Å². The summed E-state index contributed by atoms with van der Waals surface area (Å²) in [5.41, 5.74) is 12.7. The van der Waals surface area contributed by atoms with Gasteiger partial charge in [-0.25, -0.2) is 9.98 Å². The van der Waals surface area contributed by atoms with E-state index in [0.29, 0.717) is 0 Å². The zero-order valence-electron chi connectivity index (χ0n) is 31.4. The van der Waals surface area contributed by atoms with Gasteiger partial charge in [0.15, 0.2) is 0 Å². The van der Waals surface area contributed by atoms with Crippen LogP contribution in [0.3, 0.4) is 0 Å². The molecule has 2 N–H and O–H groups in total. The van der Waals surface area contributed by atoms with Crippen LogP contribution in [0, 0.1) is 0 Å². The molecule has 0 spiro atoms. The maximum absolute atomic E-state index is 5.70. The Morgan fingerprint density at radius 3 is 1.36 bits per heavy atom. The van der Waals surface area contributed by atoms with Crippen LogP contribution in [0.15, 0.2) is 167 Å². The molecule has 8 bridgehead atoms. The lowest BCUT2D eigenvalue weighted by molar-refractivity contribution is 0.414. The monoisotopic (exact) mass is 734 g/mol. The van der Waals surface area contributed by atoms with Gasteiger partial charge >= 0.3 is 0 Å². The molecule has 0 saturated carbocycles. The van der Waals surface area contributed by atoms with Gasteiger partial charge in [-0.3, -0.25) is 0 Å². The van der Waals surface area contributed by atoms with E-state index in [1.807, 2.05) is 66.7 Å². The SMILES string of the molecule is COc1cccc(C2=C3C=CC(=N3)C(c3cccc(OC)c3)=c3ccc([nH]3)=C(c3cccc(OC)c3)c3c[nH]c(c3)C(c3cccc(OC)c3)=C3C=CC2=N3)c1. The lowest BCUT2D eigenvalue weighted by atomic mass is 9.96. The second kappa shape index (κ2) is 14.5. The van der Waals surface area contributed by atoms with Crippen LogP contribution >= 0.6 is 0 Å². The number of hydrogen-bond donors (Lipinski definition) is 2. The number of ether oxygens (including phenoxy) is 4. The summed E-state index contributed by atoms with van der Waals surface area (Å²) in [6.45, 7) is 0. The zero-order chi connectivity index (χ0) is 38.2. The van der Waals surface area contributed by atoms with Crippen LogP contribution in [0.5, 0.6) is 23.0 Å². The summed E-state index contributed by atoms with van der Waals surface area (Å²) in [4.78, 5) is 18.2. The number of nitrogens with zero attached hydrogens (tertiary/aromatic N) is 2. The van der Waals surface area contributed by atoms with E-state index in [4.69, 9.17) is 28.9 Å². The minimum atomic E-state index is 0.744. The molecule has 5 heterocycles. The molecule has 0 aliphatic carbocycles. The van der Waals surface area contributed by atoms with Gasteiger partial charge in [0.2, 0.25) is 0 Å². The van der Waals surface area contributed by atoms with Gasteiger partial charge < -0.3 is 28.9 Å². The highest BCUT2D eigenvalue weighted by molar-refractivity contribution is 6.35. The van der Waals surface area contributed by atoms with Crippen molar-refractivity contribution in [1.82, 2.24) is 9.97 Å². The molecular weight excluding hydrogens is 697 g/mol. The standard InChI is InChI=1S/C48H38N4O4/c1-53-34-13-5-9-29(23-34)45-33-27-44(49-28-33)48(32-12-8-16-37(26-32)56-4)43-22-21-42(52-43)47(31-11-7-15-36(25-31)55-3)41-20-19-40(51-41)46(39-18-17-38(45)50-39)30-10-6-14-35(24-30)54-2/h5-28,49-50H,1-4H3. The van der Waals surface area contributed by atoms with E-state index in [1.54, 1.807) is 28.4 Å². The molecule has 0 radical (unpaired) electrons. The average molecular weight is 735 g/mol. The maximum atomic E-state index is 5.70. The summed E-state index contributed by atoms with van der Waals surface area (Å²) in [5, 5.41) is 1.83. The number of aliphatic imine (C=N–C) groups is 2. The molecule has 0 atom stereocenters. The van der Waals surface area contributed by atoms with Crippen molar-refractivity contribution in [3.8, 4) is 23.0 Å². The van der Waals surface area contributed by atoms with E-state index >= 15 is 0 Å². The van der Waals surface area contributed by atoms with Crippen LogP contribution in [0.2, 0.25) is 0 Å². The molecule has 0 saturated heterocycles. The molecule has 2 aromatic heterocycles. The fourth-order valence-electron chi connectivity index (χ4n) is 7.55. The first-order valence-corrected chi connectivity index (χ1v) is 18.3. The Bertz CT molecular complexity index is 2860. The Labute approximate surface area is 324 Å². The predicted molar refractivity (Wildman–Crippen MR) is 223 cm³/mol. The molecule has 4 aromatic carbocycles. The smallest absolute Gasteiger partial charge is 0.119 e. The van der Waals surface area contributed by atoms with Crippen molar-refractivity contribution in [3.63, 3.8) is 0 Å². The van der Waals surface area contributed by atoms with Gasteiger partial charge in [-0.2, -0.15) is 0 Å². The molecule has 3 aliphatic rings. The van der Waals surface area contributed by atoms with E-state index in [9.17, 15) is 0 Å². The Kier molecular flexibility index (Phi) is 8.91. The fourth-order valence-corrected chi connectivity index (χ4v) is 7.55. The van der Waals surface area contributed by atoms with Gasteiger partial charge in [0.05, 0.1) is 51.3 Å². The molecule has 0 fully saturated rings. The molecule has 274 valence electrons. The van der Waals surface area contributed by atoms with Crippen molar-refractivity contribution >= 4 is 33.7 Å². The summed E-state index contributed by atoms with van der Waals surface area (Å²) in [6.07, 6.45) is 10.3. The van der Waals surface area contributed by atoms with Gasteiger partial charge in [-0.05, 0) is 113 Å². The summed E-state index contributed by atoms with van der Waals surface area (Å²) in [6, 6.07) is 38.8. The van der Waals surface area contributed by atoms with Crippen molar-refractivity contribution in [2.75, 3.05) is 28.4 Å². The van der Waals surface area contributed by atoms with E-state index in [2.05, 4.69) is 89.0 Å². The van der Waals surface area contributed by atoms with Crippen LogP contribution < -0.4 is 29.6 Å². The molecule has 9 rings (SSSR count). The Hall–Kier alpha value is -7.32. The molecule has 0 unspecified atom stereocenters. The third-order valence-electron chi connectivity index (χ3n) is 10.2. The maximum Gasteiger partial charge on any atom is 0.119 e. The lowest BCUT2D eigenvalue weighted by Gasteiger charge is -2.12. The summed E-state index contributed by atoms with van der Waals surface area (Å²) in [7, 11) is 6.73. The number of H-pyrrole nitrogens is 2. The second-order valence-corrected chi connectivity index (χ2v) is 13.4. The number of rotatable bonds is 8. The van der Waals surface area contributed by atoms with E-state index in [0.717, 1.165) is 112 Å². The summed E-state index contributed by atoms with van der Waals surface area (Å²) >= 11 is 0. The molecule has 8 heteroatoms. The van der Waals surface area contributed by atoms with Gasteiger partial charge in [0.1, 0.15) is 23.0 Å². The van der Waals surface area contributed by atoms with Crippen LogP contribution in [-0.4, -0.2) is 49.8 Å². The highest BCUT2D eigenvalue weighted by Gasteiger charge is 2.25. The number of aromatic nitrogens is 2. The third kappa shape index (κ3) is 6.27. The number of methoxy groups -OCH3 is 4. The van der Waals surface area contributed by atoms with Crippen LogP contribution in [0.25, 0.3) is 22.3 Å². The molecule has 6 aromatic rings. The van der Waals surface area contributed by atoms with Crippen molar-refractivity contribution in [3.05, 3.63) is 201 Å². The number of fused-ring (bicyclic) bond motifs is 6. The van der Waals surface area contributed by atoms with Crippen molar-refractivity contribution < 1.29 is 18.9 Å². The number of hydrogen-bond acceptors (Lipinski definition) is 6. The third-order valence-corrected chi connectivity index (χ3v) is 10.2. The highest BCUT2D eigenvalue weighted by atomic mass is 16.5. The minimum Gasteiger partial charge on any atom is -0.497 e. The number of benzene rings is 4. The van der Waals surface area contributed by atoms with Gasteiger partial charge in [0, 0.05) is 50.4 Å². The summed E-state index contributed by atoms with van der Waals surface area (Å²) in [5.74, 6) is 3.02. The second-order valence-electron chi connectivity index (χ2n) is 13.4. The van der Waals surface area contributed by atoms with Crippen LogP contribution in [-0.2, 0) is 0 Å². The highest BCUT2D eigenvalue weighted by Crippen LogP contribution is 2.37. The largest absolute Gasteiger partial charge is 0.497 e. The summed E-state index contributed by atoms with van der Waals surface area (Å²) < 4.78 is 22.8. The van der Waals surface area contributed by atoms with Gasteiger partial charge in [-0.15, -0.1) is 0 Å². The molecule has 8 nitrogen and oxygen atoms in total. The molecule has 3 aliphatic heterocycles. The quantitative estimate of drug-likeness (QED) is 0.166. The number of nitrogens with one attached hydrogen (secondary N) is 2.